The van der Waals surface area contributed by atoms with Crippen molar-refractivity contribution < 1.29 is 10.2 Å². The summed E-state index contributed by atoms with van der Waals surface area (Å²) in [6.07, 6.45) is 0. The van der Waals surface area contributed by atoms with Crippen molar-refractivity contribution in [3.63, 3.8) is 0 Å². The van der Waals surface area contributed by atoms with E-state index in [-0.39, 0.29) is 22.3 Å². The van der Waals surface area contributed by atoms with Gasteiger partial charge in [0.1, 0.15) is 5.75 Å². The lowest BCUT2D eigenvalue weighted by atomic mass is 9.79. The monoisotopic (exact) mass is 221 g/mol. The zero-order chi connectivity index (χ0) is 12.7. The lowest BCUT2D eigenvalue weighted by Crippen LogP contribution is -2.16. The van der Waals surface area contributed by atoms with Gasteiger partial charge in [0.15, 0.2) is 5.75 Å². The molecular weight excluding hydrogens is 200 g/mol. The minimum atomic E-state index is -0.218. The molecule has 2 nitrogen and oxygen atoms in total. The quantitative estimate of drug-likeness (QED) is 0.703. The summed E-state index contributed by atoms with van der Waals surface area (Å²) in [5.74, 6) is 0.229. The van der Waals surface area contributed by atoms with Gasteiger partial charge in [-0.1, -0.05) is 41.5 Å². The number of phenolic OH excluding ortho intramolecular Hbond substituents is 1. The van der Waals surface area contributed by atoms with Crippen LogP contribution in [-0.2, 0) is 15.9 Å². The second-order valence-electron chi connectivity index (χ2n) is 6.37. The Balaban J connectivity index is 3.51. The highest BCUT2D eigenvalue weighted by Gasteiger charge is 2.26. The third kappa shape index (κ3) is 2.49. The van der Waals surface area contributed by atoms with Crippen LogP contribution >= 0.6 is 0 Å². The van der Waals surface area contributed by atoms with E-state index in [2.05, 4.69) is 0 Å². The van der Waals surface area contributed by atoms with Gasteiger partial charge in [0.25, 0.3) is 0 Å². The van der Waals surface area contributed by atoms with Gasteiger partial charge in [-0.2, -0.15) is 0 Å². The maximum atomic E-state index is 11.6. The third-order valence-electron chi connectivity index (χ3n) is 2.70. The molecule has 0 aliphatic heterocycles. The van der Waals surface area contributed by atoms with Crippen LogP contribution in [0.25, 0.3) is 0 Å². The van der Waals surface area contributed by atoms with E-state index in [1.165, 1.54) is 12.1 Å². The van der Waals surface area contributed by atoms with Crippen LogP contribution in [0.4, 0.5) is 0 Å². The van der Waals surface area contributed by atoms with Crippen LogP contribution in [-0.4, -0.2) is 5.11 Å². The lowest BCUT2D eigenvalue weighted by Gasteiger charge is -2.26. The van der Waals surface area contributed by atoms with Crippen molar-refractivity contribution in [1.29, 1.82) is 0 Å². The molecule has 1 radical (unpaired) electrons. The van der Waals surface area contributed by atoms with Crippen LogP contribution in [0.15, 0.2) is 12.1 Å². The summed E-state index contributed by atoms with van der Waals surface area (Å²) in [4.78, 5) is 0. The standard InChI is InChI=1S/C14H21O2/c1-13(2,3)10-7-9(15)8-11(12(10)16)14(4,5)6/h7-8,16H,1-6H3. The highest BCUT2D eigenvalue weighted by Crippen LogP contribution is 2.41. The molecule has 0 saturated heterocycles. The minimum absolute atomic E-state index is 0.0346. The van der Waals surface area contributed by atoms with E-state index in [0.29, 0.717) is 0 Å². The molecule has 1 aromatic carbocycles. The van der Waals surface area contributed by atoms with Crippen LogP contribution in [0.5, 0.6) is 11.5 Å². The summed E-state index contributed by atoms with van der Waals surface area (Å²) in [5, 5.41) is 21.9. The Morgan fingerprint density at radius 1 is 0.875 bits per heavy atom. The number of aromatic hydroxyl groups is 1. The van der Waals surface area contributed by atoms with Crippen molar-refractivity contribution in [3.8, 4) is 11.5 Å². The van der Waals surface area contributed by atoms with Gasteiger partial charge < -0.3 is 5.11 Å². The minimum Gasteiger partial charge on any atom is -0.507 e. The Hall–Kier alpha value is -1.18. The van der Waals surface area contributed by atoms with Gasteiger partial charge in [0.05, 0.1) is 0 Å². The summed E-state index contributed by atoms with van der Waals surface area (Å²) < 4.78 is 0. The first kappa shape index (κ1) is 12.9. The molecule has 0 saturated carbocycles. The van der Waals surface area contributed by atoms with E-state index in [1.54, 1.807) is 0 Å². The first-order valence-electron chi connectivity index (χ1n) is 5.58. The van der Waals surface area contributed by atoms with Crippen LogP contribution in [0.3, 0.4) is 0 Å². The molecule has 0 aliphatic rings. The summed E-state index contributed by atoms with van der Waals surface area (Å²) in [7, 11) is 0. The van der Waals surface area contributed by atoms with Crippen LogP contribution in [0.2, 0.25) is 0 Å². The highest BCUT2D eigenvalue weighted by molar-refractivity contribution is 5.51. The van der Waals surface area contributed by atoms with E-state index in [0.717, 1.165) is 11.1 Å². The molecular formula is C14H21O2. The molecule has 16 heavy (non-hydrogen) atoms. The van der Waals surface area contributed by atoms with Crippen LogP contribution in [0.1, 0.15) is 52.7 Å². The molecule has 0 aliphatic carbocycles. The molecule has 1 rings (SSSR count). The maximum absolute atomic E-state index is 11.6. The van der Waals surface area contributed by atoms with Gasteiger partial charge in [-0.05, 0) is 23.0 Å². The van der Waals surface area contributed by atoms with Crippen LogP contribution < -0.4 is 0 Å². The van der Waals surface area contributed by atoms with Crippen molar-refractivity contribution in [2.75, 3.05) is 0 Å². The van der Waals surface area contributed by atoms with Gasteiger partial charge in [-0.15, -0.1) is 0 Å². The summed E-state index contributed by atoms with van der Waals surface area (Å²) >= 11 is 0. The zero-order valence-electron chi connectivity index (χ0n) is 11.0. The number of hydrogen-bond acceptors (Lipinski definition) is 1. The van der Waals surface area contributed by atoms with Crippen molar-refractivity contribution in [3.05, 3.63) is 23.3 Å². The van der Waals surface area contributed by atoms with Crippen molar-refractivity contribution in [2.24, 2.45) is 0 Å². The molecule has 0 unspecified atom stereocenters. The molecule has 0 aromatic heterocycles. The van der Waals surface area contributed by atoms with Gasteiger partial charge in [0.2, 0.25) is 0 Å². The Bertz CT molecular complexity index is 357. The average molecular weight is 221 g/mol. The first-order valence-corrected chi connectivity index (χ1v) is 5.58. The normalized spacial score (nSPS) is 12.9. The Morgan fingerprint density at radius 2 is 1.19 bits per heavy atom. The maximum Gasteiger partial charge on any atom is 0.179 e. The fraction of sp³-hybridized carbons (Fsp3) is 0.571. The fourth-order valence-corrected chi connectivity index (χ4v) is 1.75. The van der Waals surface area contributed by atoms with Crippen molar-refractivity contribution >= 4 is 0 Å². The molecule has 0 bridgehead atoms. The van der Waals surface area contributed by atoms with Crippen molar-refractivity contribution in [1.82, 2.24) is 0 Å². The SMILES string of the molecule is CC(C)(C)c1cc([O])cc(C(C)(C)C)c1O. The summed E-state index contributed by atoms with van der Waals surface area (Å²) in [6, 6.07) is 3.06. The van der Waals surface area contributed by atoms with Gasteiger partial charge in [-0.3, -0.25) is 5.11 Å². The molecule has 0 heterocycles. The fourth-order valence-electron chi connectivity index (χ4n) is 1.75. The highest BCUT2D eigenvalue weighted by atomic mass is 16.3. The molecule has 2 heteroatoms. The smallest absolute Gasteiger partial charge is 0.179 e. The van der Waals surface area contributed by atoms with E-state index < -0.39 is 0 Å². The molecule has 89 valence electrons. The van der Waals surface area contributed by atoms with Gasteiger partial charge >= 0.3 is 0 Å². The number of benzene rings is 1. The number of hydrogen-bond donors (Lipinski definition) is 1. The lowest BCUT2D eigenvalue weighted by molar-refractivity contribution is 0.346. The van der Waals surface area contributed by atoms with Gasteiger partial charge in [-0.25, -0.2) is 0 Å². The second-order valence-corrected chi connectivity index (χ2v) is 6.37. The molecule has 0 atom stereocenters. The number of phenols is 1. The Kier molecular flexibility index (Phi) is 2.97. The van der Waals surface area contributed by atoms with E-state index >= 15 is 0 Å². The number of rotatable bonds is 0. The molecule has 1 aromatic rings. The molecule has 0 amide bonds. The Labute approximate surface area is 97.9 Å². The predicted molar refractivity (Wildman–Crippen MR) is 65.6 cm³/mol. The second kappa shape index (κ2) is 3.69. The third-order valence-corrected chi connectivity index (χ3v) is 2.70. The molecule has 0 fully saturated rings. The van der Waals surface area contributed by atoms with E-state index in [4.69, 9.17) is 0 Å². The van der Waals surface area contributed by atoms with E-state index in [9.17, 15) is 10.2 Å². The van der Waals surface area contributed by atoms with E-state index in [1.807, 2.05) is 41.5 Å². The van der Waals surface area contributed by atoms with Gasteiger partial charge in [0, 0.05) is 11.1 Å². The first-order chi connectivity index (χ1) is 7.03. The van der Waals surface area contributed by atoms with Crippen molar-refractivity contribution in [2.45, 2.75) is 52.4 Å². The summed E-state index contributed by atoms with van der Waals surface area (Å²) in [6.45, 7) is 12.0. The molecule has 1 N–H and O–H groups in total. The summed E-state index contributed by atoms with van der Waals surface area (Å²) in [5.41, 5.74) is 1.02. The average Bonchev–Trinajstić information content (AvgIpc) is 2.04. The predicted octanol–water partition coefficient (Wildman–Crippen LogP) is 4.13. The van der Waals surface area contributed by atoms with Crippen LogP contribution in [0, 0.1) is 0 Å². The largest absolute Gasteiger partial charge is 0.507 e. The Morgan fingerprint density at radius 3 is 1.44 bits per heavy atom. The topological polar surface area (TPSA) is 40.1 Å². The molecule has 0 spiro atoms. The zero-order valence-corrected chi connectivity index (χ0v) is 11.0.